The molecule has 1 unspecified atom stereocenters. The molecule has 1 aliphatic heterocycles. The van der Waals surface area contributed by atoms with Gasteiger partial charge in [0.2, 0.25) is 0 Å². The van der Waals surface area contributed by atoms with Gasteiger partial charge in [0.15, 0.2) is 17.2 Å². The van der Waals surface area contributed by atoms with Crippen LogP contribution in [0.4, 0.5) is 5.69 Å². The summed E-state index contributed by atoms with van der Waals surface area (Å²) in [5.41, 5.74) is 5.54. The van der Waals surface area contributed by atoms with E-state index in [4.69, 9.17) is 9.47 Å². The fourth-order valence-electron chi connectivity index (χ4n) is 4.31. The summed E-state index contributed by atoms with van der Waals surface area (Å²) in [4.78, 5) is 12.1. The number of nitrogens with zero attached hydrogens (tertiary/aromatic N) is 1. The van der Waals surface area contributed by atoms with Crippen LogP contribution in [0.1, 0.15) is 37.7 Å². The van der Waals surface area contributed by atoms with Crippen molar-refractivity contribution in [2.24, 2.45) is 0 Å². The number of carbonyl (C=O) groups excluding carboxylic acids is 1. The number of amides is 1. The molecule has 1 amide bonds. The zero-order valence-corrected chi connectivity index (χ0v) is 16.5. The minimum Gasteiger partial charge on any atom is -0.493 e. The van der Waals surface area contributed by atoms with E-state index in [2.05, 4.69) is 41.8 Å². The normalized spacial score (nSPS) is 22.2. The molecular weight excluding hydrogens is 352 g/mol. The summed E-state index contributed by atoms with van der Waals surface area (Å²) in [6.45, 7) is 1.56. The maximum atomic E-state index is 12.1. The van der Waals surface area contributed by atoms with Gasteiger partial charge in [-0.25, -0.2) is 0 Å². The summed E-state index contributed by atoms with van der Waals surface area (Å²) in [5.74, 6) is 1.63. The molecule has 0 spiro atoms. The second-order valence-corrected chi connectivity index (χ2v) is 7.80. The largest absolute Gasteiger partial charge is 0.493 e. The molecule has 28 heavy (non-hydrogen) atoms. The zero-order chi connectivity index (χ0) is 19.4. The first-order chi connectivity index (χ1) is 13.7. The van der Waals surface area contributed by atoms with Crippen molar-refractivity contribution in [3.05, 3.63) is 54.1 Å². The van der Waals surface area contributed by atoms with Gasteiger partial charge >= 0.3 is 0 Å². The standard InChI is InChI=1S/C23H28N2O3/c1-27-21-12-11-19(17-22(21)28-20-9-5-6-10-20)25(16-14-23(26)24-25)15-13-18-7-3-2-4-8-18/h2-4,7-8,11-12,17,20H,5-6,9-10,13-16H2,1H3/p+1. The number of hydrogen-bond donors (Lipinski definition) is 1. The van der Waals surface area contributed by atoms with Gasteiger partial charge in [-0.15, -0.1) is 0 Å². The summed E-state index contributed by atoms with van der Waals surface area (Å²) in [7, 11) is 1.67. The maximum absolute atomic E-state index is 12.1. The molecule has 2 aromatic rings. The average molecular weight is 381 g/mol. The number of carbonyl (C=O) groups is 1. The minimum absolute atomic E-state index is 0.0992. The van der Waals surface area contributed by atoms with Gasteiger partial charge in [-0.3, -0.25) is 4.79 Å². The number of quaternary nitrogens is 1. The Bertz CT molecular complexity index is 818. The molecule has 0 radical (unpaired) electrons. The molecule has 1 atom stereocenters. The van der Waals surface area contributed by atoms with Crippen molar-refractivity contribution in [1.29, 1.82) is 0 Å². The smallest absolute Gasteiger partial charge is 0.271 e. The van der Waals surface area contributed by atoms with Crippen LogP contribution in [0.15, 0.2) is 48.5 Å². The van der Waals surface area contributed by atoms with Crippen LogP contribution >= 0.6 is 0 Å². The fraction of sp³-hybridized carbons (Fsp3) is 0.435. The molecule has 0 aromatic heterocycles. The molecule has 2 aliphatic rings. The van der Waals surface area contributed by atoms with E-state index in [0.717, 1.165) is 49.5 Å². The monoisotopic (exact) mass is 381 g/mol. The van der Waals surface area contributed by atoms with E-state index in [-0.39, 0.29) is 12.0 Å². The van der Waals surface area contributed by atoms with Crippen LogP contribution in [0.5, 0.6) is 11.5 Å². The maximum Gasteiger partial charge on any atom is 0.271 e. The second-order valence-electron chi connectivity index (χ2n) is 7.80. The van der Waals surface area contributed by atoms with Crippen molar-refractivity contribution in [2.75, 3.05) is 20.2 Å². The van der Waals surface area contributed by atoms with Crippen LogP contribution in [-0.4, -0.2) is 32.2 Å². The average Bonchev–Trinajstić information content (AvgIpc) is 3.37. The van der Waals surface area contributed by atoms with Crippen LogP contribution in [0.3, 0.4) is 0 Å². The zero-order valence-electron chi connectivity index (χ0n) is 16.5. The number of methoxy groups -OCH3 is 1. The summed E-state index contributed by atoms with van der Waals surface area (Å²) < 4.78 is 12.3. The first-order valence-corrected chi connectivity index (χ1v) is 10.3. The summed E-state index contributed by atoms with van der Waals surface area (Å²) >= 11 is 0. The number of rotatable bonds is 7. The molecule has 2 fully saturated rings. The lowest BCUT2D eigenvalue weighted by Crippen LogP contribution is -2.57. The summed E-state index contributed by atoms with van der Waals surface area (Å²) in [6, 6.07) is 16.5. The van der Waals surface area contributed by atoms with Crippen LogP contribution in [-0.2, 0) is 11.2 Å². The molecule has 5 nitrogen and oxygen atoms in total. The Morgan fingerprint density at radius 1 is 1.07 bits per heavy atom. The van der Waals surface area contributed by atoms with Crippen molar-refractivity contribution < 1.29 is 14.3 Å². The lowest BCUT2D eigenvalue weighted by atomic mass is 10.1. The van der Waals surface area contributed by atoms with Gasteiger partial charge in [0.25, 0.3) is 5.91 Å². The number of ether oxygens (including phenoxy) is 2. The van der Waals surface area contributed by atoms with Crippen molar-refractivity contribution >= 4 is 11.6 Å². The van der Waals surface area contributed by atoms with Gasteiger partial charge in [-0.1, -0.05) is 30.3 Å². The van der Waals surface area contributed by atoms with Gasteiger partial charge in [-0.05, 0) is 37.3 Å². The predicted octanol–water partition coefficient (Wildman–Crippen LogP) is 4.00. The highest BCUT2D eigenvalue weighted by Gasteiger charge is 2.40. The van der Waals surface area contributed by atoms with Gasteiger partial charge in [0.05, 0.1) is 19.6 Å². The Morgan fingerprint density at radius 3 is 2.54 bits per heavy atom. The quantitative estimate of drug-likeness (QED) is 0.738. The Kier molecular flexibility index (Phi) is 5.53. The Morgan fingerprint density at radius 2 is 1.86 bits per heavy atom. The molecule has 1 N–H and O–H groups in total. The van der Waals surface area contributed by atoms with Gasteiger partial charge in [0.1, 0.15) is 13.1 Å². The molecule has 1 saturated carbocycles. The third-order valence-electron chi connectivity index (χ3n) is 5.92. The molecule has 148 valence electrons. The van der Waals surface area contributed by atoms with E-state index in [1.807, 2.05) is 12.1 Å². The molecule has 5 heteroatoms. The van der Waals surface area contributed by atoms with Crippen LogP contribution < -0.4 is 19.5 Å². The molecule has 4 rings (SSSR count). The topological polar surface area (TPSA) is 47.6 Å². The first-order valence-electron chi connectivity index (χ1n) is 10.3. The van der Waals surface area contributed by atoms with Crippen molar-refractivity contribution in [2.45, 2.75) is 44.6 Å². The predicted molar refractivity (Wildman–Crippen MR) is 110 cm³/mol. The second kappa shape index (κ2) is 8.23. The van der Waals surface area contributed by atoms with E-state index in [1.165, 1.54) is 18.4 Å². The number of benzene rings is 2. The van der Waals surface area contributed by atoms with E-state index in [1.54, 1.807) is 7.11 Å². The van der Waals surface area contributed by atoms with Crippen molar-refractivity contribution in [3.8, 4) is 11.5 Å². The molecule has 1 heterocycles. The van der Waals surface area contributed by atoms with Crippen LogP contribution in [0.25, 0.3) is 0 Å². The SMILES string of the molecule is COc1ccc([N+]2(CCc3ccccc3)CCC(=O)N2)cc1OC1CCCC1. The van der Waals surface area contributed by atoms with Gasteiger partial charge in [-0.2, -0.15) is 10.0 Å². The lowest BCUT2D eigenvalue weighted by Gasteiger charge is -2.32. The van der Waals surface area contributed by atoms with E-state index in [9.17, 15) is 4.79 Å². The molecule has 1 saturated heterocycles. The first kappa shape index (κ1) is 18.8. The highest BCUT2D eigenvalue weighted by Crippen LogP contribution is 2.37. The van der Waals surface area contributed by atoms with Crippen molar-refractivity contribution in [1.82, 2.24) is 10.0 Å². The highest BCUT2D eigenvalue weighted by atomic mass is 16.5. The Hall–Kier alpha value is -2.53. The molecule has 2 aromatic carbocycles. The third kappa shape index (κ3) is 3.99. The highest BCUT2D eigenvalue weighted by molar-refractivity contribution is 5.80. The summed E-state index contributed by atoms with van der Waals surface area (Å²) in [5, 5.41) is 0. The van der Waals surface area contributed by atoms with E-state index >= 15 is 0 Å². The molecule has 1 aliphatic carbocycles. The number of hydrogen-bond acceptors (Lipinski definition) is 3. The lowest BCUT2D eigenvalue weighted by molar-refractivity contribution is -0.120. The molecular formula is C23H29N2O3+. The van der Waals surface area contributed by atoms with Crippen LogP contribution in [0.2, 0.25) is 0 Å². The van der Waals surface area contributed by atoms with Gasteiger partial charge < -0.3 is 9.47 Å². The van der Waals surface area contributed by atoms with E-state index < -0.39 is 0 Å². The number of nitrogens with one attached hydrogen (secondary N) is 1. The third-order valence-corrected chi connectivity index (χ3v) is 5.92. The van der Waals surface area contributed by atoms with Crippen LogP contribution in [0, 0.1) is 0 Å². The fourth-order valence-corrected chi connectivity index (χ4v) is 4.31. The van der Waals surface area contributed by atoms with Gasteiger partial charge in [0, 0.05) is 18.6 Å². The van der Waals surface area contributed by atoms with Crippen molar-refractivity contribution in [3.63, 3.8) is 0 Å². The minimum atomic E-state index is 0.0992. The van der Waals surface area contributed by atoms with E-state index in [0.29, 0.717) is 11.0 Å². The summed E-state index contributed by atoms with van der Waals surface area (Å²) in [6.07, 6.45) is 6.33. The Balaban J connectivity index is 1.61. The Labute approximate surface area is 166 Å². The molecule has 0 bridgehead atoms.